The Morgan fingerprint density at radius 2 is 1.67 bits per heavy atom. The summed E-state index contributed by atoms with van der Waals surface area (Å²) in [5.74, 6) is -0.761. The zero-order chi connectivity index (χ0) is 21.9. The lowest BCUT2D eigenvalue weighted by Gasteiger charge is -2.19. The van der Waals surface area contributed by atoms with Gasteiger partial charge in [0.2, 0.25) is 15.9 Å². The maximum atomic E-state index is 13.1. The molecule has 3 rings (SSSR count). The summed E-state index contributed by atoms with van der Waals surface area (Å²) in [6.45, 7) is 3.21. The first-order valence-corrected chi connectivity index (χ1v) is 11.2. The van der Waals surface area contributed by atoms with E-state index in [4.69, 9.17) is 0 Å². The lowest BCUT2D eigenvalue weighted by molar-refractivity contribution is -0.114. The molecule has 0 radical (unpaired) electrons. The van der Waals surface area contributed by atoms with Crippen LogP contribution in [0, 0.1) is 0 Å². The normalized spacial score (nSPS) is 12.2. The molecule has 2 amide bonds. The highest BCUT2D eigenvalue weighted by molar-refractivity contribution is 7.92. The van der Waals surface area contributed by atoms with Gasteiger partial charge in [-0.1, -0.05) is 42.5 Å². The van der Waals surface area contributed by atoms with Gasteiger partial charge in [0.05, 0.1) is 23.5 Å². The van der Waals surface area contributed by atoms with Gasteiger partial charge in [0.15, 0.2) is 0 Å². The number of anilines is 2. The molecule has 0 saturated carbocycles. The first-order chi connectivity index (χ1) is 14.1. The molecule has 3 N–H and O–H groups in total. The van der Waals surface area contributed by atoms with Crippen molar-refractivity contribution in [3.05, 3.63) is 71.8 Å². The minimum atomic E-state index is -3.60. The van der Waals surface area contributed by atoms with Crippen LogP contribution in [0.5, 0.6) is 0 Å². The van der Waals surface area contributed by atoms with Crippen LogP contribution >= 0.6 is 0 Å². The van der Waals surface area contributed by atoms with E-state index in [2.05, 4.69) is 15.4 Å². The molecule has 7 nitrogen and oxygen atoms in total. The molecule has 0 bridgehead atoms. The van der Waals surface area contributed by atoms with E-state index in [0.29, 0.717) is 5.69 Å². The molecular weight excluding hydrogens is 402 g/mol. The Morgan fingerprint density at radius 3 is 2.37 bits per heavy atom. The molecule has 0 aliphatic carbocycles. The van der Waals surface area contributed by atoms with Crippen LogP contribution in [-0.2, 0) is 14.8 Å². The molecule has 0 aromatic heterocycles. The summed E-state index contributed by atoms with van der Waals surface area (Å²) in [7, 11) is -3.60. The van der Waals surface area contributed by atoms with Crippen molar-refractivity contribution in [3.8, 4) is 0 Å². The highest BCUT2D eigenvalue weighted by Crippen LogP contribution is 2.26. The Hall–Kier alpha value is -3.39. The molecule has 1 atom stereocenters. The second kappa shape index (κ2) is 8.54. The highest BCUT2D eigenvalue weighted by atomic mass is 32.2. The fourth-order valence-corrected chi connectivity index (χ4v) is 3.86. The molecule has 0 saturated heterocycles. The van der Waals surface area contributed by atoms with Gasteiger partial charge in [0.1, 0.15) is 0 Å². The van der Waals surface area contributed by atoms with Gasteiger partial charge in [0, 0.05) is 12.6 Å². The number of hydrogen-bond acceptors (Lipinski definition) is 4. The molecule has 0 fully saturated rings. The standard InChI is InChI=1S/C22H23N3O4S/c1-14(18-10-6-8-16-7-4-5-9-19(16)18)23-22(27)20-13-17(24-15(2)26)11-12-21(20)25-30(3,28)29/h4-14,25H,1-3H3,(H,23,27)(H,24,26). The Labute approximate surface area is 175 Å². The van der Waals surface area contributed by atoms with E-state index >= 15 is 0 Å². The number of carbonyl (C=O) groups is 2. The number of hydrogen-bond donors (Lipinski definition) is 3. The molecule has 0 aliphatic heterocycles. The molecule has 1 unspecified atom stereocenters. The number of sulfonamides is 1. The average Bonchev–Trinajstić information content (AvgIpc) is 2.67. The first-order valence-electron chi connectivity index (χ1n) is 9.32. The fourth-order valence-electron chi connectivity index (χ4n) is 3.28. The van der Waals surface area contributed by atoms with Gasteiger partial charge in [-0.2, -0.15) is 0 Å². The Kier molecular flexibility index (Phi) is 6.07. The molecule has 3 aromatic rings. The van der Waals surface area contributed by atoms with E-state index in [9.17, 15) is 18.0 Å². The van der Waals surface area contributed by atoms with Gasteiger partial charge in [-0.3, -0.25) is 14.3 Å². The van der Waals surface area contributed by atoms with Crippen molar-refractivity contribution < 1.29 is 18.0 Å². The van der Waals surface area contributed by atoms with Crippen LogP contribution in [0.3, 0.4) is 0 Å². The van der Waals surface area contributed by atoms with Crippen molar-refractivity contribution >= 4 is 44.0 Å². The maximum absolute atomic E-state index is 13.1. The van der Waals surface area contributed by atoms with E-state index in [1.807, 2.05) is 49.4 Å². The third-order valence-electron chi connectivity index (χ3n) is 4.52. The molecule has 0 heterocycles. The predicted octanol–water partition coefficient (Wildman–Crippen LogP) is 3.66. The second-order valence-corrected chi connectivity index (χ2v) is 8.83. The van der Waals surface area contributed by atoms with E-state index < -0.39 is 15.9 Å². The summed E-state index contributed by atoms with van der Waals surface area (Å²) in [6, 6.07) is 17.8. The third-order valence-corrected chi connectivity index (χ3v) is 5.11. The van der Waals surface area contributed by atoms with Gasteiger partial charge >= 0.3 is 0 Å². The smallest absolute Gasteiger partial charge is 0.253 e. The summed E-state index contributed by atoms with van der Waals surface area (Å²) in [5.41, 5.74) is 1.58. The molecule has 3 aromatic carbocycles. The van der Waals surface area contributed by atoms with E-state index in [0.717, 1.165) is 22.6 Å². The van der Waals surface area contributed by atoms with Gasteiger partial charge in [0.25, 0.3) is 5.91 Å². The number of fused-ring (bicyclic) bond motifs is 1. The average molecular weight is 426 g/mol. The fraction of sp³-hybridized carbons (Fsp3) is 0.182. The summed E-state index contributed by atoms with van der Waals surface area (Å²) in [6.07, 6.45) is 1.01. The molecule has 156 valence electrons. The van der Waals surface area contributed by atoms with Crippen molar-refractivity contribution in [3.63, 3.8) is 0 Å². The second-order valence-electron chi connectivity index (χ2n) is 7.08. The Bertz CT molecular complexity index is 1220. The van der Waals surface area contributed by atoms with Crippen LogP contribution < -0.4 is 15.4 Å². The number of nitrogens with one attached hydrogen (secondary N) is 3. The van der Waals surface area contributed by atoms with Crippen molar-refractivity contribution in [2.75, 3.05) is 16.3 Å². The summed E-state index contributed by atoms with van der Waals surface area (Å²) >= 11 is 0. The van der Waals surface area contributed by atoms with Crippen LogP contribution in [0.4, 0.5) is 11.4 Å². The van der Waals surface area contributed by atoms with Gasteiger partial charge < -0.3 is 10.6 Å². The number of amides is 2. The van der Waals surface area contributed by atoms with Gasteiger partial charge in [-0.25, -0.2) is 8.42 Å². The highest BCUT2D eigenvalue weighted by Gasteiger charge is 2.19. The number of rotatable bonds is 6. The summed E-state index contributed by atoms with van der Waals surface area (Å²) in [5, 5.41) is 7.61. The molecule has 0 aliphatic rings. The topological polar surface area (TPSA) is 104 Å². The first kappa shape index (κ1) is 21.3. The SMILES string of the molecule is CC(=O)Nc1ccc(NS(C)(=O)=O)c(C(=O)NC(C)c2cccc3ccccc23)c1. The maximum Gasteiger partial charge on any atom is 0.253 e. The zero-order valence-corrected chi connectivity index (χ0v) is 17.7. The van der Waals surface area contributed by atoms with Crippen LogP contribution in [-0.4, -0.2) is 26.5 Å². The quantitative estimate of drug-likeness (QED) is 0.561. The molecular formula is C22H23N3O4S. The van der Waals surface area contributed by atoms with Crippen LogP contribution in [0.15, 0.2) is 60.7 Å². The predicted molar refractivity (Wildman–Crippen MR) is 119 cm³/mol. The largest absolute Gasteiger partial charge is 0.345 e. The lowest BCUT2D eigenvalue weighted by atomic mass is 9.99. The monoisotopic (exact) mass is 425 g/mol. The van der Waals surface area contributed by atoms with Gasteiger partial charge in [-0.15, -0.1) is 0 Å². The molecule has 30 heavy (non-hydrogen) atoms. The van der Waals surface area contributed by atoms with Crippen molar-refractivity contribution in [2.45, 2.75) is 19.9 Å². The van der Waals surface area contributed by atoms with E-state index in [-0.39, 0.29) is 23.2 Å². The third kappa shape index (κ3) is 5.15. The van der Waals surface area contributed by atoms with Crippen molar-refractivity contribution in [2.24, 2.45) is 0 Å². The number of carbonyl (C=O) groups excluding carboxylic acids is 2. The Balaban J connectivity index is 1.95. The van der Waals surface area contributed by atoms with Crippen molar-refractivity contribution in [1.29, 1.82) is 0 Å². The van der Waals surface area contributed by atoms with Crippen LogP contribution in [0.1, 0.15) is 35.8 Å². The van der Waals surface area contributed by atoms with Crippen LogP contribution in [0.25, 0.3) is 10.8 Å². The molecule has 0 spiro atoms. The van der Waals surface area contributed by atoms with E-state index in [1.165, 1.54) is 25.1 Å². The summed E-state index contributed by atoms with van der Waals surface area (Å²) in [4.78, 5) is 24.4. The lowest BCUT2D eigenvalue weighted by Crippen LogP contribution is -2.28. The molecule has 8 heteroatoms. The van der Waals surface area contributed by atoms with E-state index in [1.54, 1.807) is 0 Å². The summed E-state index contributed by atoms with van der Waals surface area (Å²) < 4.78 is 25.8. The van der Waals surface area contributed by atoms with Gasteiger partial charge in [-0.05, 0) is 41.5 Å². The Morgan fingerprint density at radius 1 is 0.967 bits per heavy atom. The zero-order valence-electron chi connectivity index (χ0n) is 16.9. The minimum absolute atomic E-state index is 0.110. The number of benzene rings is 3. The van der Waals surface area contributed by atoms with Crippen LogP contribution in [0.2, 0.25) is 0 Å². The minimum Gasteiger partial charge on any atom is -0.345 e. The van der Waals surface area contributed by atoms with Crippen molar-refractivity contribution in [1.82, 2.24) is 5.32 Å².